The third-order valence-corrected chi connectivity index (χ3v) is 3.22. The molecule has 0 amide bonds. The molecule has 1 aliphatic rings. The number of nitrogens with zero attached hydrogens (tertiary/aromatic N) is 2. The lowest BCUT2D eigenvalue weighted by Crippen LogP contribution is -2.35. The fourth-order valence-electron chi connectivity index (χ4n) is 1.99. The van der Waals surface area contributed by atoms with Crippen molar-refractivity contribution >= 4 is 23.6 Å². The molecule has 1 aromatic rings. The molecule has 100 valence electrons. The van der Waals surface area contributed by atoms with E-state index in [1.807, 2.05) is 23.2 Å². The molecule has 0 aromatic heterocycles. The molecule has 1 heterocycles. The SMILES string of the molecule is CCCc1ccccc1/C=C\N1CC=C(Cl)N=C1N. The highest BCUT2D eigenvalue weighted by Crippen LogP contribution is 2.15. The molecule has 0 spiro atoms. The Morgan fingerprint density at radius 1 is 1.42 bits per heavy atom. The van der Waals surface area contributed by atoms with E-state index in [0.717, 1.165) is 12.8 Å². The second-order valence-electron chi connectivity index (χ2n) is 4.41. The van der Waals surface area contributed by atoms with Crippen molar-refractivity contribution in [3.05, 3.63) is 52.8 Å². The molecule has 0 atom stereocenters. The number of halogens is 1. The molecule has 0 aliphatic carbocycles. The first-order chi connectivity index (χ1) is 9.20. The molecule has 19 heavy (non-hydrogen) atoms. The average Bonchev–Trinajstić information content (AvgIpc) is 2.40. The van der Waals surface area contributed by atoms with Crippen LogP contribution in [0.3, 0.4) is 0 Å². The van der Waals surface area contributed by atoms with Crippen LogP contribution in [0.25, 0.3) is 6.08 Å². The molecule has 0 unspecified atom stereocenters. The first kappa shape index (κ1) is 13.7. The molecule has 1 aromatic carbocycles. The highest BCUT2D eigenvalue weighted by atomic mass is 35.5. The van der Waals surface area contributed by atoms with E-state index in [2.05, 4.69) is 36.2 Å². The number of aliphatic imine (C=N–C) groups is 1. The van der Waals surface area contributed by atoms with Gasteiger partial charge < -0.3 is 10.6 Å². The molecular weight excluding hydrogens is 258 g/mol. The van der Waals surface area contributed by atoms with E-state index >= 15 is 0 Å². The maximum atomic E-state index is 5.83. The van der Waals surface area contributed by atoms with Crippen molar-refractivity contribution in [3.8, 4) is 0 Å². The van der Waals surface area contributed by atoms with Gasteiger partial charge in [0, 0.05) is 12.7 Å². The van der Waals surface area contributed by atoms with Gasteiger partial charge >= 0.3 is 0 Å². The smallest absolute Gasteiger partial charge is 0.201 e. The van der Waals surface area contributed by atoms with Crippen molar-refractivity contribution in [2.24, 2.45) is 10.7 Å². The van der Waals surface area contributed by atoms with Crippen molar-refractivity contribution < 1.29 is 0 Å². The molecule has 3 nitrogen and oxygen atoms in total. The average molecular weight is 276 g/mol. The molecule has 0 bridgehead atoms. The summed E-state index contributed by atoms with van der Waals surface area (Å²) in [4.78, 5) is 5.90. The quantitative estimate of drug-likeness (QED) is 0.857. The Morgan fingerprint density at radius 2 is 2.21 bits per heavy atom. The number of hydrogen-bond donors (Lipinski definition) is 1. The summed E-state index contributed by atoms with van der Waals surface area (Å²) in [5.41, 5.74) is 8.40. The number of guanidine groups is 1. The molecule has 0 saturated heterocycles. The zero-order valence-electron chi connectivity index (χ0n) is 11.0. The van der Waals surface area contributed by atoms with E-state index in [0.29, 0.717) is 17.7 Å². The number of rotatable bonds is 4. The van der Waals surface area contributed by atoms with Crippen LogP contribution in [-0.4, -0.2) is 17.4 Å². The standard InChI is InChI=1S/C15H18ClN3/c1-2-5-12-6-3-4-7-13(12)8-10-19-11-9-14(16)18-15(19)17/h3-4,6-10H,2,5,11H2,1H3,(H2,17,18)/b10-8-. The predicted molar refractivity (Wildman–Crippen MR) is 81.7 cm³/mol. The van der Waals surface area contributed by atoms with Gasteiger partial charge in [-0.15, -0.1) is 0 Å². The van der Waals surface area contributed by atoms with Gasteiger partial charge in [0.25, 0.3) is 0 Å². The lowest BCUT2D eigenvalue weighted by molar-refractivity contribution is 0.607. The van der Waals surface area contributed by atoms with E-state index in [9.17, 15) is 0 Å². The summed E-state index contributed by atoms with van der Waals surface area (Å²) in [6.45, 7) is 2.84. The Morgan fingerprint density at radius 3 is 2.95 bits per heavy atom. The summed E-state index contributed by atoms with van der Waals surface area (Å²) in [5.74, 6) is 0.428. The second kappa shape index (κ2) is 6.43. The van der Waals surface area contributed by atoms with Gasteiger partial charge in [0.05, 0.1) is 0 Å². The van der Waals surface area contributed by atoms with E-state index in [-0.39, 0.29) is 0 Å². The molecular formula is C15H18ClN3. The van der Waals surface area contributed by atoms with Crippen LogP contribution in [0.4, 0.5) is 0 Å². The Kier molecular flexibility index (Phi) is 4.63. The third-order valence-electron chi connectivity index (χ3n) is 2.98. The van der Waals surface area contributed by atoms with Crippen LogP contribution in [-0.2, 0) is 6.42 Å². The monoisotopic (exact) mass is 275 g/mol. The fraction of sp³-hybridized carbons (Fsp3) is 0.267. The van der Waals surface area contributed by atoms with Crippen LogP contribution in [0.2, 0.25) is 0 Å². The van der Waals surface area contributed by atoms with Crippen molar-refractivity contribution in [2.45, 2.75) is 19.8 Å². The van der Waals surface area contributed by atoms with Gasteiger partial charge in [-0.1, -0.05) is 49.2 Å². The van der Waals surface area contributed by atoms with Crippen LogP contribution in [0, 0.1) is 0 Å². The lowest BCUT2D eigenvalue weighted by atomic mass is 10.0. The summed E-state index contributed by atoms with van der Waals surface area (Å²) in [6.07, 6.45) is 8.07. The molecule has 0 saturated carbocycles. The van der Waals surface area contributed by atoms with Crippen LogP contribution in [0.5, 0.6) is 0 Å². The van der Waals surface area contributed by atoms with Crippen molar-refractivity contribution in [2.75, 3.05) is 6.54 Å². The molecule has 4 heteroatoms. The normalized spacial score (nSPS) is 15.6. The van der Waals surface area contributed by atoms with Crippen LogP contribution >= 0.6 is 11.6 Å². The molecule has 1 aliphatic heterocycles. The minimum atomic E-state index is 0.428. The zero-order chi connectivity index (χ0) is 13.7. The highest BCUT2D eigenvalue weighted by molar-refractivity contribution is 6.30. The van der Waals surface area contributed by atoms with Gasteiger partial charge in [-0.25, -0.2) is 4.99 Å². The minimum Gasteiger partial charge on any atom is -0.369 e. The minimum absolute atomic E-state index is 0.428. The summed E-state index contributed by atoms with van der Waals surface area (Å²) < 4.78 is 0. The van der Waals surface area contributed by atoms with Gasteiger partial charge in [-0.2, -0.15) is 0 Å². The van der Waals surface area contributed by atoms with Gasteiger partial charge in [0.15, 0.2) is 0 Å². The van der Waals surface area contributed by atoms with E-state index in [1.54, 1.807) is 0 Å². The molecule has 0 radical (unpaired) electrons. The Hall–Kier alpha value is -1.74. The summed E-state index contributed by atoms with van der Waals surface area (Å²) >= 11 is 5.80. The molecule has 0 fully saturated rings. The largest absolute Gasteiger partial charge is 0.369 e. The fourth-order valence-corrected chi connectivity index (χ4v) is 2.14. The maximum absolute atomic E-state index is 5.83. The zero-order valence-corrected chi connectivity index (χ0v) is 11.8. The molecule has 2 N–H and O–H groups in total. The number of benzene rings is 1. The van der Waals surface area contributed by atoms with Crippen LogP contribution in [0.1, 0.15) is 24.5 Å². The van der Waals surface area contributed by atoms with E-state index in [1.165, 1.54) is 11.1 Å². The van der Waals surface area contributed by atoms with Gasteiger partial charge in [-0.05, 0) is 29.7 Å². The third kappa shape index (κ3) is 3.61. The number of hydrogen-bond acceptors (Lipinski definition) is 3. The summed E-state index contributed by atoms with van der Waals surface area (Å²) in [5, 5.41) is 0.452. The summed E-state index contributed by atoms with van der Waals surface area (Å²) in [7, 11) is 0. The van der Waals surface area contributed by atoms with Gasteiger partial charge in [-0.3, -0.25) is 0 Å². The number of nitrogens with two attached hydrogens (primary N) is 1. The Balaban J connectivity index is 2.13. The van der Waals surface area contributed by atoms with Crippen molar-refractivity contribution in [1.29, 1.82) is 0 Å². The first-order valence-corrected chi connectivity index (χ1v) is 6.81. The number of aryl methyl sites for hydroxylation is 1. The highest BCUT2D eigenvalue weighted by Gasteiger charge is 2.09. The lowest BCUT2D eigenvalue weighted by Gasteiger charge is -2.20. The Bertz CT molecular complexity index is 532. The predicted octanol–water partition coefficient (Wildman–Crippen LogP) is 3.32. The maximum Gasteiger partial charge on any atom is 0.201 e. The van der Waals surface area contributed by atoms with Crippen molar-refractivity contribution in [1.82, 2.24) is 4.90 Å². The Labute approximate surface area is 119 Å². The van der Waals surface area contributed by atoms with Crippen LogP contribution in [0.15, 0.2) is 46.7 Å². The molecule has 2 rings (SSSR count). The van der Waals surface area contributed by atoms with Gasteiger partial charge in [0.2, 0.25) is 5.96 Å². The van der Waals surface area contributed by atoms with Gasteiger partial charge in [0.1, 0.15) is 5.16 Å². The van der Waals surface area contributed by atoms with E-state index in [4.69, 9.17) is 17.3 Å². The van der Waals surface area contributed by atoms with Crippen LogP contribution < -0.4 is 5.73 Å². The van der Waals surface area contributed by atoms with E-state index < -0.39 is 0 Å². The van der Waals surface area contributed by atoms with Crippen molar-refractivity contribution in [3.63, 3.8) is 0 Å². The first-order valence-electron chi connectivity index (χ1n) is 6.43. The second-order valence-corrected chi connectivity index (χ2v) is 4.80. The topological polar surface area (TPSA) is 41.6 Å². The summed E-state index contributed by atoms with van der Waals surface area (Å²) in [6, 6.07) is 8.39.